The second kappa shape index (κ2) is 3.59. The Bertz CT molecular complexity index is 408. The summed E-state index contributed by atoms with van der Waals surface area (Å²) in [6, 6.07) is 0. The van der Waals surface area contributed by atoms with Gasteiger partial charge in [0.15, 0.2) is 5.79 Å². The van der Waals surface area contributed by atoms with Crippen molar-refractivity contribution in [3.05, 3.63) is 11.1 Å². The van der Waals surface area contributed by atoms with Crippen LogP contribution in [0.25, 0.3) is 0 Å². The summed E-state index contributed by atoms with van der Waals surface area (Å²) in [5, 5.41) is 10.2. The van der Waals surface area contributed by atoms with Crippen LogP contribution in [0, 0.1) is 11.3 Å². The molecule has 3 atom stereocenters. The predicted octanol–water partition coefficient (Wildman–Crippen LogP) is 2.39. The van der Waals surface area contributed by atoms with Gasteiger partial charge < -0.3 is 14.6 Å². The van der Waals surface area contributed by atoms with Gasteiger partial charge in [0.2, 0.25) is 0 Å². The highest BCUT2D eigenvalue weighted by Gasteiger charge is 2.62. The molecule has 1 aliphatic heterocycles. The topological polar surface area (TPSA) is 38.7 Å². The third kappa shape index (κ3) is 1.21. The third-order valence-electron chi connectivity index (χ3n) is 5.85. The first-order chi connectivity index (χ1) is 8.66. The van der Waals surface area contributed by atoms with Crippen molar-refractivity contribution in [1.82, 2.24) is 0 Å². The van der Waals surface area contributed by atoms with Gasteiger partial charge in [-0.25, -0.2) is 0 Å². The van der Waals surface area contributed by atoms with E-state index >= 15 is 0 Å². The van der Waals surface area contributed by atoms with Crippen molar-refractivity contribution in [2.24, 2.45) is 11.3 Å². The van der Waals surface area contributed by atoms with E-state index in [1.54, 1.807) is 0 Å². The molecule has 100 valence electrons. The van der Waals surface area contributed by atoms with Crippen LogP contribution in [0.3, 0.4) is 0 Å². The van der Waals surface area contributed by atoms with Crippen LogP contribution in [0.1, 0.15) is 45.4 Å². The molecule has 1 heterocycles. The van der Waals surface area contributed by atoms with E-state index in [0.29, 0.717) is 19.1 Å². The Kier molecular flexibility index (Phi) is 2.28. The number of aliphatic hydroxyl groups is 1. The Morgan fingerprint density at radius 2 is 2.00 bits per heavy atom. The molecule has 3 heteroatoms. The van der Waals surface area contributed by atoms with Crippen molar-refractivity contribution in [2.45, 2.75) is 57.3 Å². The van der Waals surface area contributed by atoms with E-state index in [1.165, 1.54) is 30.4 Å². The van der Waals surface area contributed by atoms with Crippen LogP contribution in [0.5, 0.6) is 0 Å². The minimum Gasteiger partial charge on any atom is -0.389 e. The summed E-state index contributed by atoms with van der Waals surface area (Å²) in [7, 11) is 0. The van der Waals surface area contributed by atoms with Gasteiger partial charge in [0, 0.05) is 5.41 Å². The normalized spacial score (nSPS) is 45.7. The Balaban J connectivity index is 1.82. The lowest BCUT2D eigenvalue weighted by Gasteiger charge is -2.46. The quantitative estimate of drug-likeness (QED) is 0.726. The van der Waals surface area contributed by atoms with E-state index in [-0.39, 0.29) is 11.5 Å². The second-order valence-electron chi connectivity index (χ2n) is 6.51. The number of fused-ring (bicyclic) bond motifs is 4. The Morgan fingerprint density at radius 3 is 2.78 bits per heavy atom. The average Bonchev–Trinajstić information content (AvgIpc) is 3.01. The summed E-state index contributed by atoms with van der Waals surface area (Å²) in [5.41, 5.74) is 2.94. The Labute approximate surface area is 108 Å². The van der Waals surface area contributed by atoms with E-state index < -0.39 is 5.79 Å². The molecule has 2 fully saturated rings. The molecule has 1 saturated carbocycles. The molecule has 2 bridgehead atoms. The summed E-state index contributed by atoms with van der Waals surface area (Å²) in [6.45, 7) is 3.56. The molecule has 1 N–H and O–H groups in total. The van der Waals surface area contributed by atoms with Gasteiger partial charge in [-0.3, -0.25) is 0 Å². The van der Waals surface area contributed by atoms with Crippen molar-refractivity contribution in [3.8, 4) is 0 Å². The number of rotatable bonds is 1. The molecule has 0 aromatic rings. The molecule has 1 saturated heterocycles. The highest BCUT2D eigenvalue weighted by molar-refractivity contribution is 5.40. The van der Waals surface area contributed by atoms with E-state index in [1.807, 2.05) is 0 Å². The summed E-state index contributed by atoms with van der Waals surface area (Å²) in [6.07, 6.45) is 6.58. The Hall–Kier alpha value is -0.380. The van der Waals surface area contributed by atoms with Crippen LogP contribution >= 0.6 is 0 Å². The summed E-state index contributed by atoms with van der Waals surface area (Å²) in [4.78, 5) is 0. The Morgan fingerprint density at radius 1 is 1.22 bits per heavy atom. The number of aliphatic hydroxyl groups excluding tert-OH is 1. The minimum absolute atomic E-state index is 0.0687. The molecule has 3 nitrogen and oxygen atoms in total. The molecule has 3 aliphatic carbocycles. The maximum absolute atomic E-state index is 10.2. The van der Waals surface area contributed by atoms with E-state index in [9.17, 15) is 5.11 Å². The van der Waals surface area contributed by atoms with Gasteiger partial charge in [0.05, 0.1) is 19.3 Å². The van der Waals surface area contributed by atoms with Crippen molar-refractivity contribution >= 4 is 0 Å². The van der Waals surface area contributed by atoms with Crippen LogP contribution in [0.2, 0.25) is 0 Å². The van der Waals surface area contributed by atoms with Crippen molar-refractivity contribution in [3.63, 3.8) is 0 Å². The van der Waals surface area contributed by atoms with Gasteiger partial charge in [0.1, 0.15) is 0 Å². The van der Waals surface area contributed by atoms with Gasteiger partial charge in [-0.05, 0) is 50.5 Å². The highest BCUT2D eigenvalue weighted by Crippen LogP contribution is 2.65. The molecule has 0 aromatic heterocycles. The molecule has 0 spiro atoms. The van der Waals surface area contributed by atoms with Crippen LogP contribution in [0.4, 0.5) is 0 Å². The lowest BCUT2D eigenvalue weighted by Crippen LogP contribution is -2.48. The average molecular weight is 250 g/mol. The predicted molar refractivity (Wildman–Crippen MR) is 67.0 cm³/mol. The van der Waals surface area contributed by atoms with Gasteiger partial charge >= 0.3 is 0 Å². The first-order valence-electron chi connectivity index (χ1n) is 7.36. The minimum atomic E-state index is -0.438. The van der Waals surface area contributed by atoms with Crippen LogP contribution in [-0.4, -0.2) is 30.2 Å². The fourth-order valence-electron chi connectivity index (χ4n) is 5.11. The monoisotopic (exact) mass is 250 g/mol. The molecular formula is C15H22O3. The zero-order chi connectivity index (χ0) is 12.4. The highest BCUT2D eigenvalue weighted by atomic mass is 16.7. The van der Waals surface area contributed by atoms with Gasteiger partial charge in [-0.2, -0.15) is 0 Å². The van der Waals surface area contributed by atoms with Crippen LogP contribution < -0.4 is 0 Å². The first kappa shape index (κ1) is 11.4. The number of ether oxygens (including phenoxy) is 2. The van der Waals surface area contributed by atoms with Crippen molar-refractivity contribution in [1.29, 1.82) is 0 Å². The van der Waals surface area contributed by atoms with Gasteiger partial charge in [0.25, 0.3) is 0 Å². The fourth-order valence-corrected chi connectivity index (χ4v) is 5.11. The molecule has 4 rings (SSSR count). The molecule has 0 aromatic carbocycles. The first-order valence-corrected chi connectivity index (χ1v) is 7.36. The summed E-state index contributed by atoms with van der Waals surface area (Å²) in [5.74, 6) is 0.156. The maximum atomic E-state index is 10.2. The second-order valence-corrected chi connectivity index (χ2v) is 6.51. The molecule has 4 aliphatic rings. The smallest absolute Gasteiger partial charge is 0.174 e. The van der Waals surface area contributed by atoms with Crippen molar-refractivity contribution in [2.75, 3.05) is 13.2 Å². The number of hydrogen-bond donors (Lipinski definition) is 1. The van der Waals surface area contributed by atoms with E-state index in [0.717, 1.165) is 19.3 Å². The lowest BCUT2D eigenvalue weighted by atomic mass is 9.65. The molecule has 0 amide bonds. The standard InChI is InChI=1S/C15H22O3/c1-14(17-7-8-18-14)15-6-2-3-10(9-15)13-11(15)4-5-12(13)16/h10,12,16H,2-9H2,1H3/t10-,12-,15-/m0/s1. The SMILES string of the molecule is CC1([C@@]23CCC[C@@H](C2)C2=C3CC[C@@H]2O)OCCO1. The molecular weight excluding hydrogens is 228 g/mol. The summed E-state index contributed by atoms with van der Waals surface area (Å²) < 4.78 is 12.0. The maximum Gasteiger partial charge on any atom is 0.174 e. The molecule has 0 radical (unpaired) electrons. The largest absolute Gasteiger partial charge is 0.389 e. The molecule has 18 heavy (non-hydrogen) atoms. The van der Waals surface area contributed by atoms with Gasteiger partial charge in [-0.1, -0.05) is 12.0 Å². The molecule has 0 unspecified atom stereocenters. The van der Waals surface area contributed by atoms with Crippen LogP contribution in [0.15, 0.2) is 11.1 Å². The number of hydrogen-bond acceptors (Lipinski definition) is 3. The zero-order valence-electron chi connectivity index (χ0n) is 11.1. The fraction of sp³-hybridized carbons (Fsp3) is 0.867. The lowest BCUT2D eigenvalue weighted by molar-refractivity contribution is -0.221. The van der Waals surface area contributed by atoms with Gasteiger partial charge in [-0.15, -0.1) is 0 Å². The third-order valence-corrected chi connectivity index (χ3v) is 5.85. The van der Waals surface area contributed by atoms with Crippen LogP contribution in [-0.2, 0) is 9.47 Å². The van der Waals surface area contributed by atoms with Crippen molar-refractivity contribution < 1.29 is 14.6 Å². The van der Waals surface area contributed by atoms with E-state index in [2.05, 4.69) is 6.92 Å². The van der Waals surface area contributed by atoms with E-state index in [4.69, 9.17) is 9.47 Å². The summed E-state index contributed by atoms with van der Waals surface area (Å²) >= 11 is 0. The zero-order valence-corrected chi connectivity index (χ0v) is 11.1.